The molecule has 0 spiro atoms. The van der Waals surface area contributed by atoms with Gasteiger partial charge in [-0.05, 0) is 31.8 Å². The van der Waals surface area contributed by atoms with E-state index in [-0.39, 0.29) is 0 Å². The van der Waals surface area contributed by atoms with E-state index in [2.05, 4.69) is 17.2 Å². The van der Waals surface area contributed by atoms with Gasteiger partial charge in [0.1, 0.15) is 5.76 Å². The molecule has 0 aliphatic carbocycles. The van der Waals surface area contributed by atoms with Crippen LogP contribution in [0.1, 0.15) is 31.4 Å². The van der Waals surface area contributed by atoms with Crippen LogP contribution in [0, 0.1) is 5.92 Å². The number of aryl methyl sites for hydroxylation is 1. The summed E-state index contributed by atoms with van der Waals surface area (Å²) in [6.45, 7) is 4.42. The fraction of sp³-hybridized carbons (Fsp3) is 0.727. The predicted octanol–water partition coefficient (Wildman–Crippen LogP) is 1.78. The van der Waals surface area contributed by atoms with Crippen LogP contribution in [0.25, 0.3) is 0 Å². The standard InChI is InChI=1S/C11H18N2O/c1-2-3-10-8-13-11(14-10)6-9-4-5-12-7-9/h8-9,12H,2-7H2,1H3. The van der Waals surface area contributed by atoms with Crippen molar-refractivity contribution >= 4 is 0 Å². The van der Waals surface area contributed by atoms with Crippen molar-refractivity contribution in [1.29, 1.82) is 0 Å². The van der Waals surface area contributed by atoms with E-state index in [1.807, 2.05) is 6.20 Å². The number of oxazole rings is 1. The lowest BCUT2D eigenvalue weighted by Crippen LogP contribution is -2.10. The SMILES string of the molecule is CCCc1cnc(CC2CCNC2)o1. The smallest absolute Gasteiger partial charge is 0.194 e. The van der Waals surface area contributed by atoms with Crippen LogP contribution >= 0.6 is 0 Å². The van der Waals surface area contributed by atoms with Gasteiger partial charge in [-0.3, -0.25) is 0 Å². The van der Waals surface area contributed by atoms with Gasteiger partial charge in [-0.25, -0.2) is 4.98 Å². The lowest BCUT2D eigenvalue weighted by Gasteiger charge is -2.03. The fourth-order valence-corrected chi connectivity index (χ4v) is 1.94. The van der Waals surface area contributed by atoms with Gasteiger partial charge in [0.15, 0.2) is 5.89 Å². The predicted molar refractivity (Wildman–Crippen MR) is 55.2 cm³/mol. The second kappa shape index (κ2) is 4.60. The highest BCUT2D eigenvalue weighted by Gasteiger charge is 2.17. The third-order valence-electron chi connectivity index (χ3n) is 2.72. The third-order valence-corrected chi connectivity index (χ3v) is 2.72. The first kappa shape index (κ1) is 9.71. The molecule has 1 aliphatic heterocycles. The summed E-state index contributed by atoms with van der Waals surface area (Å²) in [6, 6.07) is 0. The van der Waals surface area contributed by atoms with Crippen molar-refractivity contribution in [2.45, 2.75) is 32.6 Å². The van der Waals surface area contributed by atoms with E-state index < -0.39 is 0 Å². The van der Waals surface area contributed by atoms with Gasteiger partial charge in [-0.2, -0.15) is 0 Å². The first-order valence-corrected chi connectivity index (χ1v) is 5.52. The van der Waals surface area contributed by atoms with E-state index in [1.54, 1.807) is 0 Å². The van der Waals surface area contributed by atoms with E-state index in [0.29, 0.717) is 0 Å². The molecule has 1 fully saturated rings. The monoisotopic (exact) mass is 194 g/mol. The van der Waals surface area contributed by atoms with Crippen LogP contribution in [0.2, 0.25) is 0 Å². The Hall–Kier alpha value is -0.830. The number of rotatable bonds is 4. The van der Waals surface area contributed by atoms with Gasteiger partial charge in [-0.15, -0.1) is 0 Å². The molecule has 2 rings (SSSR count). The van der Waals surface area contributed by atoms with Crippen LogP contribution in [0.15, 0.2) is 10.6 Å². The van der Waals surface area contributed by atoms with Crippen LogP contribution in [-0.4, -0.2) is 18.1 Å². The second-order valence-electron chi connectivity index (χ2n) is 4.03. The van der Waals surface area contributed by atoms with Crippen LogP contribution in [0.4, 0.5) is 0 Å². The minimum atomic E-state index is 0.725. The Morgan fingerprint density at radius 2 is 2.57 bits per heavy atom. The summed E-state index contributed by atoms with van der Waals surface area (Å²) < 4.78 is 5.65. The van der Waals surface area contributed by atoms with E-state index in [1.165, 1.54) is 6.42 Å². The van der Waals surface area contributed by atoms with Crippen molar-refractivity contribution in [1.82, 2.24) is 10.3 Å². The number of hydrogen-bond acceptors (Lipinski definition) is 3. The minimum Gasteiger partial charge on any atom is -0.446 e. The molecule has 1 aromatic rings. The van der Waals surface area contributed by atoms with Crippen LogP contribution in [0.5, 0.6) is 0 Å². The lowest BCUT2D eigenvalue weighted by atomic mass is 10.1. The van der Waals surface area contributed by atoms with Crippen molar-refractivity contribution in [3.8, 4) is 0 Å². The number of aromatic nitrogens is 1. The maximum atomic E-state index is 5.65. The Morgan fingerprint density at radius 3 is 3.29 bits per heavy atom. The van der Waals surface area contributed by atoms with Crippen molar-refractivity contribution in [2.24, 2.45) is 5.92 Å². The van der Waals surface area contributed by atoms with Gasteiger partial charge in [0.05, 0.1) is 6.20 Å². The lowest BCUT2D eigenvalue weighted by molar-refractivity contribution is 0.416. The van der Waals surface area contributed by atoms with E-state index >= 15 is 0 Å². The topological polar surface area (TPSA) is 38.1 Å². The summed E-state index contributed by atoms with van der Waals surface area (Å²) in [6.07, 6.45) is 6.26. The molecule has 0 aromatic carbocycles. The van der Waals surface area contributed by atoms with Crippen molar-refractivity contribution in [3.05, 3.63) is 17.8 Å². The zero-order valence-corrected chi connectivity index (χ0v) is 8.75. The summed E-state index contributed by atoms with van der Waals surface area (Å²) in [5.74, 6) is 2.68. The van der Waals surface area contributed by atoms with E-state index in [9.17, 15) is 0 Å². The molecular weight excluding hydrogens is 176 g/mol. The first-order chi connectivity index (χ1) is 6.88. The van der Waals surface area contributed by atoms with Gasteiger partial charge < -0.3 is 9.73 Å². The molecule has 1 aromatic heterocycles. The molecule has 2 heterocycles. The molecule has 1 aliphatic rings. The van der Waals surface area contributed by atoms with Crippen molar-refractivity contribution in [2.75, 3.05) is 13.1 Å². The zero-order chi connectivity index (χ0) is 9.80. The molecule has 0 radical (unpaired) electrons. The quantitative estimate of drug-likeness (QED) is 0.794. The highest BCUT2D eigenvalue weighted by Crippen LogP contribution is 2.15. The van der Waals surface area contributed by atoms with Crippen LogP contribution in [-0.2, 0) is 12.8 Å². The van der Waals surface area contributed by atoms with Crippen LogP contribution in [0.3, 0.4) is 0 Å². The van der Waals surface area contributed by atoms with Crippen molar-refractivity contribution < 1.29 is 4.42 Å². The molecule has 1 atom stereocenters. The molecule has 0 bridgehead atoms. The van der Waals surface area contributed by atoms with Gasteiger partial charge in [-0.1, -0.05) is 6.92 Å². The summed E-state index contributed by atoms with van der Waals surface area (Å²) in [5, 5.41) is 3.36. The van der Waals surface area contributed by atoms with Gasteiger partial charge in [0.25, 0.3) is 0 Å². The summed E-state index contributed by atoms with van der Waals surface area (Å²) >= 11 is 0. The highest BCUT2D eigenvalue weighted by atomic mass is 16.4. The number of nitrogens with one attached hydrogen (secondary N) is 1. The molecule has 78 valence electrons. The van der Waals surface area contributed by atoms with Gasteiger partial charge in [0, 0.05) is 12.8 Å². The molecule has 0 amide bonds. The Kier molecular flexibility index (Phi) is 3.19. The van der Waals surface area contributed by atoms with Gasteiger partial charge >= 0.3 is 0 Å². The largest absolute Gasteiger partial charge is 0.446 e. The molecule has 3 nitrogen and oxygen atoms in total. The number of hydrogen-bond donors (Lipinski definition) is 1. The van der Waals surface area contributed by atoms with E-state index in [0.717, 1.165) is 49.9 Å². The summed E-state index contributed by atoms with van der Waals surface area (Å²) in [7, 11) is 0. The molecule has 1 N–H and O–H groups in total. The maximum absolute atomic E-state index is 5.65. The molecule has 1 unspecified atom stereocenters. The normalized spacial score (nSPS) is 21.6. The molecule has 3 heteroatoms. The molecule has 0 saturated carbocycles. The van der Waals surface area contributed by atoms with Crippen LogP contribution < -0.4 is 5.32 Å². The van der Waals surface area contributed by atoms with E-state index in [4.69, 9.17) is 4.42 Å². The Labute approximate surface area is 84.9 Å². The van der Waals surface area contributed by atoms with Crippen molar-refractivity contribution in [3.63, 3.8) is 0 Å². The average molecular weight is 194 g/mol. The summed E-state index contributed by atoms with van der Waals surface area (Å²) in [4.78, 5) is 4.30. The first-order valence-electron chi connectivity index (χ1n) is 5.52. The Morgan fingerprint density at radius 1 is 1.64 bits per heavy atom. The molecular formula is C11H18N2O. The third kappa shape index (κ3) is 2.35. The molecule has 14 heavy (non-hydrogen) atoms. The Balaban J connectivity index is 1.88. The zero-order valence-electron chi connectivity index (χ0n) is 8.75. The van der Waals surface area contributed by atoms with Gasteiger partial charge in [0.2, 0.25) is 0 Å². The minimum absolute atomic E-state index is 0.725. The maximum Gasteiger partial charge on any atom is 0.194 e. The summed E-state index contributed by atoms with van der Waals surface area (Å²) in [5.41, 5.74) is 0. The second-order valence-corrected chi connectivity index (χ2v) is 4.03. The Bertz CT molecular complexity index is 277. The fourth-order valence-electron chi connectivity index (χ4n) is 1.94. The number of nitrogens with zero attached hydrogens (tertiary/aromatic N) is 1. The molecule has 1 saturated heterocycles. The average Bonchev–Trinajstić information content (AvgIpc) is 2.79. The highest BCUT2D eigenvalue weighted by molar-refractivity contribution is 4.95.